The number of esters is 1. The average Bonchev–Trinajstić information content (AvgIpc) is 3.28. The van der Waals surface area contributed by atoms with E-state index in [1.165, 1.54) is 57.4 Å². The molecule has 3 fully saturated rings. The molecule has 0 spiro atoms. The molecule has 236 valence electrons. The van der Waals surface area contributed by atoms with Gasteiger partial charge in [0.05, 0.1) is 0 Å². The molecule has 0 radical (unpaired) electrons. The van der Waals surface area contributed by atoms with Gasteiger partial charge in [-0.3, -0.25) is 0 Å². The van der Waals surface area contributed by atoms with E-state index in [1.54, 1.807) is 0 Å². The minimum atomic E-state index is -1.17. The summed E-state index contributed by atoms with van der Waals surface area (Å²) >= 11 is 0. The van der Waals surface area contributed by atoms with Crippen molar-refractivity contribution in [3.05, 3.63) is 23.8 Å². The lowest BCUT2D eigenvalue weighted by molar-refractivity contribution is -0.140. The Labute approximate surface area is 253 Å². The molecule has 0 aromatic rings. The monoisotopic (exact) mass is 586 g/mol. The SMILES string of the molecule is C=C(C)C(=O)OCCOC(=O)OC(=O)OC1CC[C@@]2(C)C(=CC[C@H]3[C@@H]4CC[C@H]([C@H](C)CCCC(C)C)[C@@]4(C)CC[C@@H]32)C1. The molecule has 0 heterocycles. The van der Waals surface area contributed by atoms with Crippen molar-refractivity contribution in [2.24, 2.45) is 46.3 Å². The normalized spacial score (nSPS) is 34.3. The third-order valence-corrected chi connectivity index (χ3v) is 11.6. The molecule has 7 nitrogen and oxygen atoms in total. The van der Waals surface area contributed by atoms with E-state index in [2.05, 4.69) is 52.0 Å². The molecule has 4 aliphatic carbocycles. The van der Waals surface area contributed by atoms with Crippen LogP contribution in [0, 0.1) is 46.3 Å². The van der Waals surface area contributed by atoms with Gasteiger partial charge in [-0.05, 0) is 98.2 Å². The molecular weight excluding hydrogens is 532 g/mol. The summed E-state index contributed by atoms with van der Waals surface area (Å²) in [4.78, 5) is 35.5. The molecule has 1 unspecified atom stereocenters. The number of hydrogen-bond donors (Lipinski definition) is 0. The Bertz CT molecular complexity index is 1050. The first-order valence-electron chi connectivity index (χ1n) is 16.4. The third-order valence-electron chi connectivity index (χ3n) is 11.6. The smallest absolute Gasteiger partial charge is 0.459 e. The molecule has 0 aliphatic heterocycles. The van der Waals surface area contributed by atoms with Crippen LogP contribution in [-0.2, 0) is 23.7 Å². The second-order valence-electron chi connectivity index (χ2n) is 14.6. The Kier molecular flexibility index (Phi) is 10.5. The first-order valence-corrected chi connectivity index (χ1v) is 16.4. The number of carbonyl (C=O) groups is 3. The zero-order chi connectivity index (χ0) is 30.7. The second-order valence-corrected chi connectivity index (χ2v) is 14.6. The van der Waals surface area contributed by atoms with E-state index in [1.807, 2.05) is 0 Å². The molecule has 42 heavy (non-hydrogen) atoms. The maximum Gasteiger partial charge on any atom is 0.518 e. The van der Waals surface area contributed by atoms with Gasteiger partial charge < -0.3 is 18.9 Å². The molecule has 0 amide bonds. The van der Waals surface area contributed by atoms with Crippen molar-refractivity contribution in [2.75, 3.05) is 13.2 Å². The summed E-state index contributed by atoms with van der Waals surface area (Å²) in [6.45, 7) is 16.9. The molecule has 8 atom stereocenters. The van der Waals surface area contributed by atoms with Crippen molar-refractivity contribution >= 4 is 18.3 Å². The Hall–Kier alpha value is -2.31. The molecule has 4 rings (SSSR count). The third kappa shape index (κ3) is 7.07. The van der Waals surface area contributed by atoms with Gasteiger partial charge in [0.1, 0.15) is 19.3 Å². The predicted molar refractivity (Wildman–Crippen MR) is 162 cm³/mol. The van der Waals surface area contributed by atoms with Gasteiger partial charge in [0.2, 0.25) is 0 Å². The molecule has 0 aromatic carbocycles. The molecular formula is C35H54O7. The van der Waals surface area contributed by atoms with Crippen LogP contribution in [0.1, 0.15) is 112 Å². The highest BCUT2D eigenvalue weighted by Crippen LogP contribution is 2.67. The topological polar surface area (TPSA) is 88.1 Å². The zero-order valence-electron chi connectivity index (χ0n) is 26.9. The number of fused-ring (bicyclic) bond motifs is 5. The lowest BCUT2D eigenvalue weighted by Crippen LogP contribution is -2.51. The second kappa shape index (κ2) is 13.5. The van der Waals surface area contributed by atoms with Crippen molar-refractivity contribution in [1.29, 1.82) is 0 Å². The Morgan fingerprint density at radius 1 is 0.952 bits per heavy atom. The number of rotatable bonds is 10. The predicted octanol–water partition coefficient (Wildman–Crippen LogP) is 8.81. The van der Waals surface area contributed by atoms with Crippen LogP contribution in [0.3, 0.4) is 0 Å². The molecule has 0 N–H and O–H groups in total. The molecule has 0 saturated heterocycles. The van der Waals surface area contributed by atoms with Crippen LogP contribution in [0.2, 0.25) is 0 Å². The van der Waals surface area contributed by atoms with Crippen molar-refractivity contribution in [1.82, 2.24) is 0 Å². The first kappa shape index (κ1) is 32.6. The lowest BCUT2D eigenvalue weighted by atomic mass is 9.47. The summed E-state index contributed by atoms with van der Waals surface area (Å²) in [6, 6.07) is 0. The van der Waals surface area contributed by atoms with E-state index in [-0.39, 0.29) is 30.3 Å². The summed E-state index contributed by atoms with van der Waals surface area (Å²) in [6.07, 6.45) is 13.0. The van der Waals surface area contributed by atoms with Crippen LogP contribution < -0.4 is 0 Å². The van der Waals surface area contributed by atoms with Crippen LogP contribution >= 0.6 is 0 Å². The first-order chi connectivity index (χ1) is 19.8. The minimum Gasteiger partial charge on any atom is -0.459 e. The van der Waals surface area contributed by atoms with E-state index in [0.717, 1.165) is 48.9 Å². The van der Waals surface area contributed by atoms with Gasteiger partial charge in [-0.15, -0.1) is 0 Å². The fourth-order valence-electron chi connectivity index (χ4n) is 9.39. The maximum absolute atomic E-state index is 12.3. The lowest BCUT2D eigenvalue weighted by Gasteiger charge is -2.58. The van der Waals surface area contributed by atoms with Crippen LogP contribution in [0.15, 0.2) is 23.8 Å². The number of allylic oxidation sites excluding steroid dienone is 1. The highest BCUT2D eigenvalue weighted by atomic mass is 16.8. The fourth-order valence-corrected chi connectivity index (χ4v) is 9.39. The van der Waals surface area contributed by atoms with E-state index in [4.69, 9.17) is 14.2 Å². The Morgan fingerprint density at radius 2 is 1.69 bits per heavy atom. The standard InChI is InChI=1S/C35H54O7/c1-22(2)9-8-10-24(5)28-13-14-29-27-12-11-25-21-26(15-17-34(25,6)30(27)16-18-35(28,29)7)41-33(38)42-32(37)40-20-19-39-31(36)23(3)4/h11,22,24,26-30H,3,8-10,12-21H2,1-2,4-7H3/t24-,26?,27+,28-,29+,30+,34+,35-/m1/s1. The van der Waals surface area contributed by atoms with Crippen LogP contribution in [-0.4, -0.2) is 37.6 Å². The molecule has 7 heteroatoms. The van der Waals surface area contributed by atoms with E-state index < -0.39 is 18.3 Å². The summed E-state index contributed by atoms with van der Waals surface area (Å²) in [5.74, 6) is 4.12. The average molecular weight is 587 g/mol. The Morgan fingerprint density at radius 3 is 2.40 bits per heavy atom. The van der Waals surface area contributed by atoms with Gasteiger partial charge in [0.25, 0.3) is 0 Å². The van der Waals surface area contributed by atoms with Crippen molar-refractivity contribution in [2.45, 2.75) is 118 Å². The highest BCUT2D eigenvalue weighted by molar-refractivity contribution is 5.86. The number of carbonyl (C=O) groups excluding carboxylic acids is 3. The van der Waals surface area contributed by atoms with Gasteiger partial charge >= 0.3 is 18.3 Å². The van der Waals surface area contributed by atoms with Crippen LogP contribution in [0.4, 0.5) is 9.59 Å². The maximum atomic E-state index is 12.3. The number of ether oxygens (including phenoxy) is 4. The molecule has 0 aromatic heterocycles. The molecule has 3 saturated carbocycles. The van der Waals surface area contributed by atoms with Gasteiger partial charge in [-0.1, -0.05) is 72.1 Å². The fraction of sp³-hybridized carbons (Fsp3) is 0.800. The van der Waals surface area contributed by atoms with Gasteiger partial charge in [0.15, 0.2) is 0 Å². The van der Waals surface area contributed by atoms with Gasteiger partial charge in [-0.2, -0.15) is 0 Å². The van der Waals surface area contributed by atoms with Gasteiger partial charge in [0, 0.05) is 12.0 Å². The summed E-state index contributed by atoms with van der Waals surface area (Å²) in [5.41, 5.74) is 2.27. The van der Waals surface area contributed by atoms with Crippen molar-refractivity contribution < 1.29 is 33.3 Å². The van der Waals surface area contributed by atoms with E-state index in [9.17, 15) is 14.4 Å². The van der Waals surface area contributed by atoms with Crippen molar-refractivity contribution in [3.8, 4) is 0 Å². The van der Waals surface area contributed by atoms with Gasteiger partial charge in [-0.25, -0.2) is 14.4 Å². The quantitative estimate of drug-likeness (QED) is 0.0631. The zero-order valence-corrected chi connectivity index (χ0v) is 26.9. The van der Waals surface area contributed by atoms with E-state index >= 15 is 0 Å². The Balaban J connectivity index is 1.28. The molecule has 4 aliphatic rings. The number of hydrogen-bond acceptors (Lipinski definition) is 7. The van der Waals surface area contributed by atoms with Crippen molar-refractivity contribution in [3.63, 3.8) is 0 Å². The van der Waals surface area contributed by atoms with Crippen LogP contribution in [0.5, 0.6) is 0 Å². The summed E-state index contributed by atoms with van der Waals surface area (Å²) in [7, 11) is 0. The minimum absolute atomic E-state index is 0.147. The summed E-state index contributed by atoms with van der Waals surface area (Å²) < 4.78 is 19.9. The summed E-state index contributed by atoms with van der Waals surface area (Å²) in [5, 5.41) is 0. The highest BCUT2D eigenvalue weighted by Gasteiger charge is 2.59. The largest absolute Gasteiger partial charge is 0.518 e. The van der Waals surface area contributed by atoms with E-state index in [0.29, 0.717) is 17.8 Å². The van der Waals surface area contributed by atoms with Crippen LogP contribution in [0.25, 0.3) is 0 Å². The molecule has 0 bridgehead atoms.